The molecule has 0 radical (unpaired) electrons. The second kappa shape index (κ2) is 5.82. The summed E-state index contributed by atoms with van der Waals surface area (Å²) in [6.45, 7) is 0. The number of non-ortho nitro benzene ring substituents is 1. The fraction of sp³-hybridized carbons (Fsp3) is 0.133. The SMILES string of the molecule is CN1NC(c2ccccc2)ON=C1c1ccc([N+](=O)[O-])cc1. The van der Waals surface area contributed by atoms with Gasteiger partial charge >= 0.3 is 0 Å². The smallest absolute Gasteiger partial charge is 0.269 e. The first-order valence-electron chi connectivity index (χ1n) is 6.68. The zero-order valence-corrected chi connectivity index (χ0v) is 11.8. The molecule has 3 rings (SSSR count). The van der Waals surface area contributed by atoms with Crippen LogP contribution >= 0.6 is 0 Å². The van der Waals surface area contributed by atoms with E-state index in [1.807, 2.05) is 37.4 Å². The van der Waals surface area contributed by atoms with Gasteiger partial charge in [0.15, 0.2) is 5.84 Å². The van der Waals surface area contributed by atoms with Gasteiger partial charge in [0, 0.05) is 30.3 Å². The Labute approximate surface area is 126 Å². The number of nitrogens with one attached hydrogen (secondary N) is 1. The van der Waals surface area contributed by atoms with E-state index in [4.69, 9.17) is 4.84 Å². The summed E-state index contributed by atoms with van der Waals surface area (Å²) in [5, 5.41) is 16.5. The van der Waals surface area contributed by atoms with Crippen molar-refractivity contribution >= 4 is 11.5 Å². The summed E-state index contributed by atoms with van der Waals surface area (Å²) in [6.07, 6.45) is -0.368. The zero-order chi connectivity index (χ0) is 15.5. The molecule has 0 bridgehead atoms. The largest absolute Gasteiger partial charge is 0.368 e. The van der Waals surface area contributed by atoms with Gasteiger partial charge in [0.2, 0.25) is 6.23 Å². The van der Waals surface area contributed by atoms with Crippen LogP contribution in [0, 0.1) is 10.1 Å². The summed E-state index contributed by atoms with van der Waals surface area (Å²) in [6, 6.07) is 15.8. The summed E-state index contributed by atoms with van der Waals surface area (Å²) in [4.78, 5) is 15.7. The van der Waals surface area contributed by atoms with Crippen molar-refractivity contribution in [3.05, 3.63) is 75.8 Å². The van der Waals surface area contributed by atoms with Crippen LogP contribution in [0.5, 0.6) is 0 Å². The zero-order valence-electron chi connectivity index (χ0n) is 11.8. The molecule has 0 amide bonds. The highest BCUT2D eigenvalue weighted by molar-refractivity contribution is 5.98. The molecule has 0 aromatic heterocycles. The van der Waals surface area contributed by atoms with E-state index < -0.39 is 4.92 Å². The van der Waals surface area contributed by atoms with Gasteiger partial charge in [-0.1, -0.05) is 35.5 Å². The Morgan fingerprint density at radius 2 is 1.86 bits per heavy atom. The third-order valence-corrected chi connectivity index (χ3v) is 3.31. The molecule has 0 aliphatic carbocycles. The van der Waals surface area contributed by atoms with Gasteiger partial charge in [-0.2, -0.15) is 5.43 Å². The molecule has 112 valence electrons. The molecule has 0 saturated heterocycles. The first-order valence-corrected chi connectivity index (χ1v) is 6.68. The predicted octanol–water partition coefficient (Wildman–Crippen LogP) is 2.42. The fourth-order valence-corrected chi connectivity index (χ4v) is 2.17. The van der Waals surface area contributed by atoms with Gasteiger partial charge in [0.05, 0.1) is 4.92 Å². The van der Waals surface area contributed by atoms with Crippen LogP contribution in [0.25, 0.3) is 0 Å². The van der Waals surface area contributed by atoms with Crippen LogP contribution in [0.3, 0.4) is 0 Å². The van der Waals surface area contributed by atoms with Crippen LogP contribution in [0.4, 0.5) is 5.69 Å². The van der Waals surface area contributed by atoms with E-state index in [0.29, 0.717) is 5.84 Å². The second-order valence-electron chi connectivity index (χ2n) is 4.80. The summed E-state index contributed by atoms with van der Waals surface area (Å²) < 4.78 is 0. The molecule has 1 heterocycles. The van der Waals surface area contributed by atoms with Gasteiger partial charge in [-0.15, -0.1) is 0 Å². The number of nitrogens with zero attached hydrogens (tertiary/aromatic N) is 3. The first-order chi connectivity index (χ1) is 10.6. The van der Waals surface area contributed by atoms with Crippen molar-refractivity contribution in [3.8, 4) is 0 Å². The van der Waals surface area contributed by atoms with Crippen LogP contribution in [0.15, 0.2) is 59.8 Å². The van der Waals surface area contributed by atoms with Gasteiger partial charge in [-0.05, 0) is 12.1 Å². The lowest BCUT2D eigenvalue weighted by Gasteiger charge is -2.31. The van der Waals surface area contributed by atoms with E-state index in [0.717, 1.165) is 11.1 Å². The summed E-state index contributed by atoms with van der Waals surface area (Å²) >= 11 is 0. The van der Waals surface area contributed by atoms with Crippen molar-refractivity contribution < 1.29 is 9.76 Å². The molecular formula is C15H14N4O3. The molecule has 22 heavy (non-hydrogen) atoms. The number of benzene rings is 2. The maximum atomic E-state index is 10.7. The van der Waals surface area contributed by atoms with Crippen LogP contribution in [-0.4, -0.2) is 22.8 Å². The Morgan fingerprint density at radius 3 is 2.45 bits per heavy atom. The summed E-state index contributed by atoms with van der Waals surface area (Å²) in [5.41, 5.74) is 4.89. The molecule has 1 unspecified atom stereocenters. The molecule has 1 aliphatic rings. The van der Waals surface area contributed by atoms with E-state index in [-0.39, 0.29) is 11.9 Å². The van der Waals surface area contributed by atoms with E-state index in [2.05, 4.69) is 10.6 Å². The highest BCUT2D eigenvalue weighted by atomic mass is 16.7. The highest BCUT2D eigenvalue weighted by Crippen LogP contribution is 2.21. The van der Waals surface area contributed by atoms with Gasteiger partial charge in [-0.25, -0.2) is 0 Å². The molecule has 0 fully saturated rings. The topological polar surface area (TPSA) is 80.0 Å². The lowest BCUT2D eigenvalue weighted by atomic mass is 10.2. The number of oxime groups is 1. The second-order valence-corrected chi connectivity index (χ2v) is 4.80. The van der Waals surface area contributed by atoms with Crippen molar-refractivity contribution in [2.24, 2.45) is 5.16 Å². The van der Waals surface area contributed by atoms with Gasteiger partial charge in [0.25, 0.3) is 5.69 Å². The lowest BCUT2D eigenvalue weighted by Crippen LogP contribution is -2.46. The average Bonchev–Trinajstić information content (AvgIpc) is 2.56. The number of rotatable bonds is 3. The Bertz CT molecular complexity index is 700. The summed E-state index contributed by atoms with van der Waals surface area (Å²) in [5.74, 6) is 0.557. The third-order valence-electron chi connectivity index (χ3n) is 3.31. The molecule has 7 nitrogen and oxygen atoms in total. The number of nitro benzene ring substituents is 1. The van der Waals surface area contributed by atoms with Gasteiger partial charge < -0.3 is 4.84 Å². The lowest BCUT2D eigenvalue weighted by molar-refractivity contribution is -0.384. The Kier molecular flexibility index (Phi) is 3.71. The summed E-state index contributed by atoms with van der Waals surface area (Å²) in [7, 11) is 1.82. The monoisotopic (exact) mass is 298 g/mol. The quantitative estimate of drug-likeness (QED) is 0.695. The number of hydrogen-bond acceptors (Lipinski definition) is 6. The van der Waals surface area contributed by atoms with Crippen molar-refractivity contribution in [3.63, 3.8) is 0 Å². The first kappa shape index (κ1) is 14.0. The van der Waals surface area contributed by atoms with Crippen LogP contribution in [0.1, 0.15) is 17.4 Å². The van der Waals surface area contributed by atoms with Gasteiger partial charge in [-0.3, -0.25) is 15.1 Å². The number of amidine groups is 1. The van der Waals surface area contributed by atoms with Crippen LogP contribution in [-0.2, 0) is 4.84 Å². The number of nitro groups is 1. The molecular weight excluding hydrogens is 284 g/mol. The number of hydrogen-bond donors (Lipinski definition) is 1. The molecule has 1 aliphatic heterocycles. The van der Waals surface area contributed by atoms with Crippen LogP contribution < -0.4 is 5.43 Å². The van der Waals surface area contributed by atoms with Crippen molar-refractivity contribution in [2.45, 2.75) is 6.23 Å². The minimum Gasteiger partial charge on any atom is -0.368 e. The van der Waals surface area contributed by atoms with E-state index in [1.165, 1.54) is 12.1 Å². The number of hydrazine groups is 1. The molecule has 0 saturated carbocycles. The Hall–Kier alpha value is -2.93. The molecule has 7 heteroatoms. The standard InChI is InChI=1S/C15H14N4O3/c1-18-14(11-7-9-13(10-8-11)19(20)21)17-22-15(16-18)12-5-3-2-4-6-12/h2-10,15-16H,1H3. The minimum atomic E-state index is -0.434. The van der Waals surface area contributed by atoms with Gasteiger partial charge in [0.1, 0.15) is 0 Å². The van der Waals surface area contributed by atoms with E-state index in [1.54, 1.807) is 17.1 Å². The minimum absolute atomic E-state index is 0.0406. The molecule has 2 aromatic carbocycles. The Morgan fingerprint density at radius 1 is 1.18 bits per heavy atom. The van der Waals surface area contributed by atoms with Crippen molar-refractivity contribution in [1.82, 2.24) is 10.4 Å². The highest BCUT2D eigenvalue weighted by Gasteiger charge is 2.23. The van der Waals surface area contributed by atoms with E-state index >= 15 is 0 Å². The molecule has 1 N–H and O–H groups in total. The molecule has 0 spiro atoms. The Balaban J connectivity index is 1.81. The van der Waals surface area contributed by atoms with Crippen LogP contribution in [0.2, 0.25) is 0 Å². The third kappa shape index (κ3) is 2.75. The molecule has 1 atom stereocenters. The van der Waals surface area contributed by atoms with E-state index in [9.17, 15) is 10.1 Å². The maximum absolute atomic E-state index is 10.7. The van der Waals surface area contributed by atoms with Crippen molar-refractivity contribution in [2.75, 3.05) is 7.05 Å². The molecule has 2 aromatic rings. The normalized spacial score (nSPS) is 17.6. The van der Waals surface area contributed by atoms with Crippen molar-refractivity contribution in [1.29, 1.82) is 0 Å². The fourth-order valence-electron chi connectivity index (χ4n) is 2.17. The maximum Gasteiger partial charge on any atom is 0.269 e. The average molecular weight is 298 g/mol. The predicted molar refractivity (Wildman–Crippen MR) is 80.8 cm³/mol.